The Labute approximate surface area is 172 Å². The zero-order valence-corrected chi connectivity index (χ0v) is 18.0. The van der Waals surface area contributed by atoms with E-state index in [9.17, 15) is 4.79 Å². The van der Waals surface area contributed by atoms with Gasteiger partial charge >= 0.3 is 0 Å². The molecule has 1 amide bonds. The molecule has 1 N–H and O–H groups in total. The Morgan fingerprint density at radius 3 is 2.86 bits per heavy atom. The van der Waals surface area contributed by atoms with Gasteiger partial charge in [-0.05, 0) is 57.7 Å². The van der Waals surface area contributed by atoms with Gasteiger partial charge in [-0.3, -0.25) is 9.69 Å². The summed E-state index contributed by atoms with van der Waals surface area (Å²) in [5.74, 6) is 0.928. The number of anilines is 1. The molecule has 1 fully saturated rings. The summed E-state index contributed by atoms with van der Waals surface area (Å²) >= 11 is 1.58. The van der Waals surface area contributed by atoms with E-state index in [0.717, 1.165) is 30.0 Å². The lowest BCUT2D eigenvalue weighted by Crippen LogP contribution is -2.36. The summed E-state index contributed by atoms with van der Waals surface area (Å²) < 4.78 is 5.87. The maximum absolute atomic E-state index is 12.2. The average molecular weight is 402 g/mol. The molecule has 0 radical (unpaired) electrons. The molecule has 152 valence electrons. The van der Waals surface area contributed by atoms with E-state index < -0.39 is 0 Å². The molecular weight excluding hydrogens is 370 g/mol. The van der Waals surface area contributed by atoms with Crippen LogP contribution in [0.2, 0.25) is 0 Å². The van der Waals surface area contributed by atoms with E-state index in [1.165, 1.54) is 24.1 Å². The van der Waals surface area contributed by atoms with Crippen molar-refractivity contribution in [3.63, 3.8) is 0 Å². The first-order chi connectivity index (χ1) is 13.5. The van der Waals surface area contributed by atoms with Gasteiger partial charge in [0.2, 0.25) is 5.91 Å². The number of aromatic nitrogens is 1. The van der Waals surface area contributed by atoms with Gasteiger partial charge in [-0.2, -0.15) is 0 Å². The van der Waals surface area contributed by atoms with Crippen LogP contribution in [0.1, 0.15) is 55.0 Å². The van der Waals surface area contributed by atoms with Crippen LogP contribution < -0.4 is 10.1 Å². The number of thiazole rings is 1. The lowest BCUT2D eigenvalue weighted by Gasteiger charge is -2.32. The molecule has 28 heavy (non-hydrogen) atoms. The molecule has 6 heteroatoms. The minimum Gasteiger partial charge on any atom is -0.493 e. The highest BCUT2D eigenvalue weighted by molar-refractivity contribution is 7.15. The molecule has 0 bridgehead atoms. The SMILES string of the molecule is Cc1cccc(C)c1OCCCC(=O)Nc1ncc(CN2CCCCC2C)s1. The van der Waals surface area contributed by atoms with Crippen LogP contribution in [-0.2, 0) is 11.3 Å². The molecule has 1 atom stereocenters. The Kier molecular flexibility index (Phi) is 7.45. The molecule has 1 aromatic carbocycles. The van der Waals surface area contributed by atoms with Crippen LogP contribution in [0.25, 0.3) is 0 Å². The number of piperidine rings is 1. The molecular formula is C22H31N3O2S. The van der Waals surface area contributed by atoms with Crippen LogP contribution in [0.3, 0.4) is 0 Å². The van der Waals surface area contributed by atoms with Crippen molar-refractivity contribution in [2.24, 2.45) is 0 Å². The van der Waals surface area contributed by atoms with Crippen molar-refractivity contribution in [2.75, 3.05) is 18.5 Å². The second-order valence-electron chi connectivity index (χ2n) is 7.67. The number of rotatable bonds is 8. The molecule has 2 aromatic rings. The van der Waals surface area contributed by atoms with E-state index in [0.29, 0.717) is 30.6 Å². The Balaban J connectivity index is 1.40. The largest absolute Gasteiger partial charge is 0.493 e. The third kappa shape index (κ3) is 5.79. The zero-order chi connectivity index (χ0) is 19.9. The van der Waals surface area contributed by atoms with Crippen LogP contribution in [0.15, 0.2) is 24.4 Å². The minimum atomic E-state index is -0.00246. The first-order valence-electron chi connectivity index (χ1n) is 10.2. The molecule has 1 aromatic heterocycles. The standard InChI is InChI=1S/C22H31N3O2S/c1-16-8-6-9-17(2)21(16)27-13-7-11-20(26)24-22-23-14-19(28-22)15-25-12-5-4-10-18(25)3/h6,8-9,14,18H,4-5,7,10-13,15H2,1-3H3,(H,23,24,26). The van der Waals surface area contributed by atoms with Gasteiger partial charge in [-0.1, -0.05) is 24.6 Å². The summed E-state index contributed by atoms with van der Waals surface area (Å²) in [6, 6.07) is 6.74. The van der Waals surface area contributed by atoms with Crippen LogP contribution in [0, 0.1) is 13.8 Å². The average Bonchev–Trinajstić information content (AvgIpc) is 3.09. The molecule has 2 heterocycles. The Bertz CT molecular complexity index is 770. The molecule has 1 unspecified atom stereocenters. The maximum Gasteiger partial charge on any atom is 0.226 e. The minimum absolute atomic E-state index is 0.00246. The summed E-state index contributed by atoms with van der Waals surface area (Å²) in [5.41, 5.74) is 2.26. The van der Waals surface area contributed by atoms with Crippen LogP contribution in [0.5, 0.6) is 5.75 Å². The number of ether oxygens (including phenoxy) is 1. The summed E-state index contributed by atoms with van der Waals surface area (Å²) in [6.45, 7) is 9.00. The van der Waals surface area contributed by atoms with Crippen molar-refractivity contribution in [2.45, 2.75) is 65.5 Å². The fraction of sp³-hybridized carbons (Fsp3) is 0.545. The van der Waals surface area contributed by atoms with Crippen molar-refractivity contribution in [3.8, 4) is 5.75 Å². The Morgan fingerprint density at radius 2 is 2.11 bits per heavy atom. The van der Waals surface area contributed by atoms with Gasteiger partial charge in [0.05, 0.1) is 6.61 Å². The van der Waals surface area contributed by atoms with Crippen molar-refractivity contribution < 1.29 is 9.53 Å². The Hall–Kier alpha value is -1.92. The fourth-order valence-electron chi connectivity index (χ4n) is 3.65. The number of likely N-dealkylation sites (tertiary alicyclic amines) is 1. The smallest absolute Gasteiger partial charge is 0.226 e. The third-order valence-corrected chi connectivity index (χ3v) is 6.20. The third-order valence-electron chi connectivity index (χ3n) is 5.30. The number of carbonyl (C=O) groups is 1. The molecule has 0 saturated carbocycles. The molecule has 1 aliphatic rings. The number of carbonyl (C=O) groups excluding carboxylic acids is 1. The van der Waals surface area contributed by atoms with Crippen LogP contribution in [-0.4, -0.2) is 35.0 Å². The van der Waals surface area contributed by atoms with Crippen molar-refractivity contribution in [1.82, 2.24) is 9.88 Å². The summed E-state index contributed by atoms with van der Waals surface area (Å²) in [5, 5.41) is 3.62. The maximum atomic E-state index is 12.2. The molecule has 5 nitrogen and oxygen atoms in total. The van der Waals surface area contributed by atoms with Gasteiger partial charge in [0.25, 0.3) is 0 Å². The van der Waals surface area contributed by atoms with Gasteiger partial charge in [0.1, 0.15) is 5.75 Å². The predicted octanol–water partition coefficient (Wildman–Crippen LogP) is 4.93. The van der Waals surface area contributed by atoms with Gasteiger partial charge in [-0.15, -0.1) is 11.3 Å². The second kappa shape index (κ2) is 10.0. The predicted molar refractivity (Wildman–Crippen MR) is 115 cm³/mol. The molecule has 0 spiro atoms. The van der Waals surface area contributed by atoms with Crippen LogP contribution >= 0.6 is 11.3 Å². The van der Waals surface area contributed by atoms with Crippen molar-refractivity contribution >= 4 is 22.4 Å². The summed E-state index contributed by atoms with van der Waals surface area (Å²) in [6.07, 6.45) is 6.88. The molecule has 3 rings (SSSR count). The first-order valence-corrected chi connectivity index (χ1v) is 11.0. The van der Waals surface area contributed by atoms with E-state index in [1.54, 1.807) is 11.3 Å². The highest BCUT2D eigenvalue weighted by atomic mass is 32.1. The fourth-order valence-corrected chi connectivity index (χ4v) is 4.50. The quantitative estimate of drug-likeness (QED) is 0.637. The Morgan fingerprint density at radius 1 is 1.32 bits per heavy atom. The van der Waals surface area contributed by atoms with E-state index in [4.69, 9.17) is 4.74 Å². The van der Waals surface area contributed by atoms with Gasteiger partial charge in [0.15, 0.2) is 5.13 Å². The number of aryl methyl sites for hydroxylation is 2. The molecule has 1 aliphatic heterocycles. The lowest BCUT2D eigenvalue weighted by molar-refractivity contribution is -0.116. The van der Waals surface area contributed by atoms with E-state index >= 15 is 0 Å². The van der Waals surface area contributed by atoms with Crippen LogP contribution in [0.4, 0.5) is 5.13 Å². The number of para-hydroxylation sites is 1. The summed E-state index contributed by atoms with van der Waals surface area (Å²) in [4.78, 5) is 20.3. The highest BCUT2D eigenvalue weighted by Gasteiger charge is 2.19. The number of benzene rings is 1. The van der Waals surface area contributed by atoms with Crippen molar-refractivity contribution in [3.05, 3.63) is 40.4 Å². The molecule has 0 aliphatic carbocycles. The monoisotopic (exact) mass is 401 g/mol. The number of hydrogen-bond donors (Lipinski definition) is 1. The second-order valence-corrected chi connectivity index (χ2v) is 8.78. The number of nitrogens with zero attached hydrogens (tertiary/aromatic N) is 2. The normalized spacial score (nSPS) is 17.5. The van der Waals surface area contributed by atoms with E-state index in [1.807, 2.05) is 38.2 Å². The number of amides is 1. The lowest BCUT2D eigenvalue weighted by atomic mass is 10.0. The van der Waals surface area contributed by atoms with Gasteiger partial charge in [0, 0.05) is 30.1 Å². The van der Waals surface area contributed by atoms with E-state index in [2.05, 4.69) is 22.1 Å². The number of nitrogens with one attached hydrogen (secondary N) is 1. The highest BCUT2D eigenvalue weighted by Crippen LogP contribution is 2.25. The molecule has 1 saturated heterocycles. The van der Waals surface area contributed by atoms with Crippen molar-refractivity contribution in [1.29, 1.82) is 0 Å². The number of hydrogen-bond acceptors (Lipinski definition) is 5. The van der Waals surface area contributed by atoms with E-state index in [-0.39, 0.29) is 5.91 Å². The van der Waals surface area contributed by atoms with Gasteiger partial charge in [-0.25, -0.2) is 4.98 Å². The topological polar surface area (TPSA) is 54.5 Å². The summed E-state index contributed by atoms with van der Waals surface area (Å²) in [7, 11) is 0. The first kappa shape index (κ1) is 20.8. The van der Waals surface area contributed by atoms with Gasteiger partial charge < -0.3 is 10.1 Å². The zero-order valence-electron chi connectivity index (χ0n) is 17.2.